The summed E-state index contributed by atoms with van der Waals surface area (Å²) in [7, 11) is 0. The van der Waals surface area contributed by atoms with Crippen molar-refractivity contribution in [3.8, 4) is 5.75 Å². The second kappa shape index (κ2) is 5.01. The Bertz CT molecular complexity index is 360. The Morgan fingerprint density at radius 3 is 2.53 bits per heavy atom. The van der Waals surface area contributed by atoms with E-state index in [1.54, 1.807) is 0 Å². The normalized spacial score (nSPS) is 12.1. The summed E-state index contributed by atoms with van der Waals surface area (Å²) in [5.74, 6) is 0.986. The Morgan fingerprint density at radius 2 is 1.93 bits per heavy atom. The number of hydrogen-bond donors (Lipinski definition) is 0. The molecule has 1 heteroatoms. The van der Waals surface area contributed by atoms with E-state index in [0.29, 0.717) is 0 Å². The van der Waals surface area contributed by atoms with E-state index >= 15 is 0 Å². The van der Waals surface area contributed by atoms with Crippen molar-refractivity contribution in [3.63, 3.8) is 0 Å². The fraction of sp³-hybridized carbons (Fsp3) is 0.429. The molecule has 0 fully saturated rings. The standard InChI is InChI=1S/C14H20O/c1-10(2)8-13(5)15-14-9-11(3)6-7-12(14)4/h6-9,13H,1-5H3. The maximum absolute atomic E-state index is 5.86. The molecule has 1 aromatic carbocycles. The summed E-state index contributed by atoms with van der Waals surface area (Å²) in [4.78, 5) is 0. The minimum Gasteiger partial charge on any atom is -0.486 e. The van der Waals surface area contributed by atoms with E-state index in [0.717, 1.165) is 5.75 Å². The summed E-state index contributed by atoms with van der Waals surface area (Å²) >= 11 is 0. The Morgan fingerprint density at radius 1 is 1.27 bits per heavy atom. The van der Waals surface area contributed by atoms with Crippen LogP contribution in [-0.2, 0) is 0 Å². The van der Waals surface area contributed by atoms with Crippen LogP contribution in [0.1, 0.15) is 31.9 Å². The van der Waals surface area contributed by atoms with Crippen LogP contribution in [-0.4, -0.2) is 6.10 Å². The largest absolute Gasteiger partial charge is 0.486 e. The van der Waals surface area contributed by atoms with Crippen LogP contribution in [0.3, 0.4) is 0 Å². The second-order valence-corrected chi connectivity index (χ2v) is 4.34. The highest BCUT2D eigenvalue weighted by molar-refractivity contribution is 5.36. The van der Waals surface area contributed by atoms with Crippen LogP contribution in [0, 0.1) is 13.8 Å². The highest BCUT2D eigenvalue weighted by atomic mass is 16.5. The van der Waals surface area contributed by atoms with E-state index in [1.165, 1.54) is 16.7 Å². The van der Waals surface area contributed by atoms with Crippen molar-refractivity contribution >= 4 is 0 Å². The van der Waals surface area contributed by atoms with Crippen molar-refractivity contribution in [2.24, 2.45) is 0 Å². The van der Waals surface area contributed by atoms with Crippen LogP contribution in [0.25, 0.3) is 0 Å². The molecule has 0 spiro atoms. The van der Waals surface area contributed by atoms with Crippen molar-refractivity contribution in [1.82, 2.24) is 0 Å². The molecule has 0 bridgehead atoms. The van der Waals surface area contributed by atoms with Gasteiger partial charge in [0.25, 0.3) is 0 Å². The third kappa shape index (κ3) is 3.78. The summed E-state index contributed by atoms with van der Waals surface area (Å²) in [6.07, 6.45) is 2.26. The SMILES string of the molecule is CC(C)=CC(C)Oc1cc(C)ccc1C. The summed E-state index contributed by atoms with van der Waals surface area (Å²) in [5.41, 5.74) is 3.71. The molecule has 1 aromatic rings. The average Bonchev–Trinajstić information content (AvgIpc) is 2.10. The van der Waals surface area contributed by atoms with E-state index in [9.17, 15) is 0 Å². The summed E-state index contributed by atoms with van der Waals surface area (Å²) in [6, 6.07) is 6.29. The lowest BCUT2D eigenvalue weighted by Crippen LogP contribution is -2.09. The lowest BCUT2D eigenvalue weighted by atomic mass is 10.1. The molecule has 0 saturated heterocycles. The smallest absolute Gasteiger partial charge is 0.123 e. The fourth-order valence-corrected chi connectivity index (χ4v) is 1.54. The molecule has 15 heavy (non-hydrogen) atoms. The monoisotopic (exact) mass is 204 g/mol. The van der Waals surface area contributed by atoms with E-state index in [2.05, 4.69) is 58.9 Å². The molecule has 0 amide bonds. The molecule has 82 valence electrons. The van der Waals surface area contributed by atoms with E-state index in [4.69, 9.17) is 4.74 Å². The zero-order valence-electron chi connectivity index (χ0n) is 10.3. The predicted molar refractivity (Wildman–Crippen MR) is 65.4 cm³/mol. The molecule has 0 aliphatic carbocycles. The Kier molecular flexibility index (Phi) is 3.96. The molecule has 1 atom stereocenters. The van der Waals surface area contributed by atoms with Crippen LogP contribution < -0.4 is 4.74 Å². The zero-order valence-corrected chi connectivity index (χ0v) is 10.3. The fourth-order valence-electron chi connectivity index (χ4n) is 1.54. The van der Waals surface area contributed by atoms with Crippen molar-refractivity contribution in [1.29, 1.82) is 0 Å². The van der Waals surface area contributed by atoms with Gasteiger partial charge in [-0.1, -0.05) is 17.7 Å². The van der Waals surface area contributed by atoms with Gasteiger partial charge in [-0.3, -0.25) is 0 Å². The molecule has 1 unspecified atom stereocenters. The van der Waals surface area contributed by atoms with Gasteiger partial charge < -0.3 is 4.74 Å². The first-order chi connectivity index (χ1) is 6.99. The highest BCUT2D eigenvalue weighted by Crippen LogP contribution is 2.20. The molecule has 0 aliphatic rings. The first kappa shape index (κ1) is 11.8. The second-order valence-electron chi connectivity index (χ2n) is 4.34. The van der Waals surface area contributed by atoms with Gasteiger partial charge in [0.15, 0.2) is 0 Å². The van der Waals surface area contributed by atoms with E-state index in [-0.39, 0.29) is 6.10 Å². The lowest BCUT2D eigenvalue weighted by molar-refractivity contribution is 0.267. The minimum absolute atomic E-state index is 0.135. The lowest BCUT2D eigenvalue weighted by Gasteiger charge is -2.14. The number of hydrogen-bond acceptors (Lipinski definition) is 1. The van der Waals surface area contributed by atoms with Gasteiger partial charge in [-0.25, -0.2) is 0 Å². The van der Waals surface area contributed by atoms with Crippen molar-refractivity contribution in [2.75, 3.05) is 0 Å². The van der Waals surface area contributed by atoms with Gasteiger partial charge in [-0.15, -0.1) is 0 Å². The molecule has 1 nitrogen and oxygen atoms in total. The number of allylic oxidation sites excluding steroid dienone is 1. The Balaban J connectivity index is 2.80. The van der Waals surface area contributed by atoms with Crippen molar-refractivity contribution < 1.29 is 4.74 Å². The molecule has 0 radical (unpaired) electrons. The molecule has 0 heterocycles. The molecular weight excluding hydrogens is 184 g/mol. The van der Waals surface area contributed by atoms with Gasteiger partial charge in [0.05, 0.1) is 0 Å². The third-order valence-electron chi connectivity index (χ3n) is 2.22. The maximum Gasteiger partial charge on any atom is 0.123 e. The molecular formula is C14H20O. The molecule has 0 saturated carbocycles. The van der Waals surface area contributed by atoms with Gasteiger partial charge in [0.1, 0.15) is 11.9 Å². The number of aryl methyl sites for hydroxylation is 2. The first-order valence-electron chi connectivity index (χ1n) is 5.38. The van der Waals surface area contributed by atoms with Crippen molar-refractivity contribution in [3.05, 3.63) is 41.0 Å². The maximum atomic E-state index is 5.86. The zero-order chi connectivity index (χ0) is 11.4. The Hall–Kier alpha value is -1.24. The summed E-state index contributed by atoms with van der Waals surface area (Å²) in [5, 5.41) is 0. The van der Waals surface area contributed by atoms with Crippen LogP contribution in [0.5, 0.6) is 5.75 Å². The van der Waals surface area contributed by atoms with E-state index < -0.39 is 0 Å². The topological polar surface area (TPSA) is 9.23 Å². The van der Waals surface area contributed by atoms with Crippen LogP contribution in [0.2, 0.25) is 0 Å². The molecule has 0 aliphatic heterocycles. The van der Waals surface area contributed by atoms with Gasteiger partial charge >= 0.3 is 0 Å². The first-order valence-corrected chi connectivity index (χ1v) is 5.38. The summed E-state index contributed by atoms with van der Waals surface area (Å²) < 4.78 is 5.86. The number of rotatable bonds is 3. The third-order valence-corrected chi connectivity index (χ3v) is 2.22. The quantitative estimate of drug-likeness (QED) is 0.675. The summed E-state index contributed by atoms with van der Waals surface area (Å²) in [6.45, 7) is 10.4. The number of benzene rings is 1. The molecule has 1 rings (SSSR count). The molecule has 0 aromatic heterocycles. The van der Waals surface area contributed by atoms with Crippen molar-refractivity contribution in [2.45, 2.75) is 40.7 Å². The van der Waals surface area contributed by atoms with Gasteiger partial charge in [0.2, 0.25) is 0 Å². The van der Waals surface area contributed by atoms with Crippen LogP contribution in [0.15, 0.2) is 29.8 Å². The highest BCUT2D eigenvalue weighted by Gasteiger charge is 2.03. The number of ether oxygens (including phenoxy) is 1. The van der Waals surface area contributed by atoms with Gasteiger partial charge in [0, 0.05) is 0 Å². The Labute approximate surface area is 92.8 Å². The van der Waals surface area contributed by atoms with Gasteiger partial charge in [-0.2, -0.15) is 0 Å². The van der Waals surface area contributed by atoms with Crippen LogP contribution >= 0.6 is 0 Å². The minimum atomic E-state index is 0.135. The predicted octanol–water partition coefficient (Wildman–Crippen LogP) is 4.04. The van der Waals surface area contributed by atoms with Gasteiger partial charge in [-0.05, 0) is 57.9 Å². The molecule has 0 N–H and O–H groups in total. The van der Waals surface area contributed by atoms with E-state index in [1.807, 2.05) is 0 Å². The average molecular weight is 204 g/mol. The van der Waals surface area contributed by atoms with Crippen LogP contribution in [0.4, 0.5) is 0 Å².